The second-order valence-corrected chi connectivity index (χ2v) is 3.57. The Balaban J connectivity index is 2.33. The summed E-state index contributed by atoms with van der Waals surface area (Å²) in [6, 6.07) is 10.0. The van der Waals surface area contributed by atoms with Crippen molar-refractivity contribution in [2.45, 2.75) is 18.9 Å². The van der Waals surface area contributed by atoms with Gasteiger partial charge in [0.15, 0.2) is 0 Å². The van der Waals surface area contributed by atoms with Crippen LogP contribution in [0.1, 0.15) is 12.0 Å². The lowest BCUT2D eigenvalue weighted by Gasteiger charge is -2.05. The van der Waals surface area contributed by atoms with Crippen molar-refractivity contribution in [3.05, 3.63) is 48.0 Å². The quantitative estimate of drug-likeness (QED) is 0.605. The average molecular weight is 219 g/mol. The van der Waals surface area contributed by atoms with Crippen LogP contribution in [0.2, 0.25) is 0 Å². The van der Waals surface area contributed by atoms with Crippen molar-refractivity contribution in [2.24, 2.45) is 5.73 Å². The van der Waals surface area contributed by atoms with Crippen molar-refractivity contribution < 1.29 is 9.53 Å². The minimum Gasteiger partial charge on any atom is -0.466 e. The maximum absolute atomic E-state index is 10.8. The molecular weight excluding hydrogens is 202 g/mol. The van der Waals surface area contributed by atoms with Crippen molar-refractivity contribution in [1.82, 2.24) is 0 Å². The summed E-state index contributed by atoms with van der Waals surface area (Å²) in [4.78, 5) is 10.8. The molecular formula is C13H17NO2. The molecule has 0 unspecified atom stereocenters. The molecule has 0 aromatic heterocycles. The number of nitrogens with two attached hydrogens (primary N) is 1. The molecule has 1 atom stereocenters. The van der Waals surface area contributed by atoms with E-state index in [1.165, 1.54) is 18.7 Å². The van der Waals surface area contributed by atoms with Crippen molar-refractivity contribution >= 4 is 5.97 Å². The Morgan fingerprint density at radius 3 is 2.75 bits per heavy atom. The standard InChI is InChI=1S/C13H17NO2/c1-16-13(15)10-9-12(14)8-7-11-5-3-2-4-6-11/h2-6,9-10,12H,7-8,14H2,1H3/t12-/m0/s1. The van der Waals surface area contributed by atoms with Crippen LogP contribution in [0, 0.1) is 0 Å². The lowest BCUT2D eigenvalue weighted by Crippen LogP contribution is -2.18. The summed E-state index contributed by atoms with van der Waals surface area (Å²) in [6.07, 6.45) is 4.77. The molecule has 0 radical (unpaired) electrons. The van der Waals surface area contributed by atoms with E-state index in [2.05, 4.69) is 16.9 Å². The van der Waals surface area contributed by atoms with Crippen LogP contribution in [-0.2, 0) is 16.0 Å². The fourth-order valence-corrected chi connectivity index (χ4v) is 1.34. The Morgan fingerprint density at radius 1 is 1.44 bits per heavy atom. The van der Waals surface area contributed by atoms with Gasteiger partial charge >= 0.3 is 5.97 Å². The molecule has 3 nitrogen and oxygen atoms in total. The van der Waals surface area contributed by atoms with Gasteiger partial charge in [-0.05, 0) is 18.4 Å². The number of hydrogen-bond acceptors (Lipinski definition) is 3. The molecule has 3 heteroatoms. The maximum atomic E-state index is 10.8. The zero-order valence-corrected chi connectivity index (χ0v) is 9.43. The highest BCUT2D eigenvalue weighted by Gasteiger charge is 2.00. The summed E-state index contributed by atoms with van der Waals surface area (Å²) < 4.78 is 4.48. The number of carbonyl (C=O) groups is 1. The van der Waals surface area contributed by atoms with E-state index in [0.717, 1.165) is 12.8 Å². The van der Waals surface area contributed by atoms with E-state index in [1.54, 1.807) is 6.08 Å². The average Bonchev–Trinajstić information content (AvgIpc) is 2.34. The Morgan fingerprint density at radius 2 is 2.12 bits per heavy atom. The van der Waals surface area contributed by atoms with E-state index in [4.69, 9.17) is 5.73 Å². The first-order valence-corrected chi connectivity index (χ1v) is 5.28. The van der Waals surface area contributed by atoms with Crippen LogP contribution < -0.4 is 5.73 Å². The third kappa shape index (κ3) is 4.75. The van der Waals surface area contributed by atoms with Gasteiger partial charge in [-0.3, -0.25) is 0 Å². The van der Waals surface area contributed by atoms with Gasteiger partial charge in [-0.25, -0.2) is 4.79 Å². The molecule has 0 heterocycles. The van der Waals surface area contributed by atoms with E-state index in [1.807, 2.05) is 18.2 Å². The molecule has 0 saturated carbocycles. The van der Waals surface area contributed by atoms with Gasteiger partial charge in [0, 0.05) is 12.1 Å². The summed E-state index contributed by atoms with van der Waals surface area (Å²) in [5.41, 5.74) is 7.08. The first-order chi connectivity index (χ1) is 7.72. The van der Waals surface area contributed by atoms with Gasteiger partial charge in [0.05, 0.1) is 7.11 Å². The predicted octanol–water partition coefficient (Wildman–Crippen LogP) is 1.68. The molecule has 0 fully saturated rings. The molecule has 16 heavy (non-hydrogen) atoms. The normalized spacial score (nSPS) is 12.6. The first kappa shape index (κ1) is 12.5. The molecule has 1 aromatic carbocycles. The molecule has 0 aliphatic heterocycles. The topological polar surface area (TPSA) is 52.3 Å². The second-order valence-electron chi connectivity index (χ2n) is 3.57. The molecule has 1 aromatic rings. The van der Waals surface area contributed by atoms with Gasteiger partial charge in [-0.1, -0.05) is 36.4 Å². The van der Waals surface area contributed by atoms with E-state index in [0.29, 0.717) is 0 Å². The van der Waals surface area contributed by atoms with Gasteiger partial charge in [0.2, 0.25) is 0 Å². The van der Waals surface area contributed by atoms with Crippen LogP contribution in [0.4, 0.5) is 0 Å². The molecule has 1 rings (SSSR count). The smallest absolute Gasteiger partial charge is 0.330 e. The zero-order valence-electron chi connectivity index (χ0n) is 9.43. The summed E-state index contributed by atoms with van der Waals surface area (Å²) in [6.45, 7) is 0. The summed E-state index contributed by atoms with van der Waals surface area (Å²) in [7, 11) is 1.35. The Labute approximate surface area is 95.9 Å². The maximum Gasteiger partial charge on any atom is 0.330 e. The monoisotopic (exact) mass is 219 g/mol. The van der Waals surface area contributed by atoms with Crippen LogP contribution in [0.25, 0.3) is 0 Å². The SMILES string of the molecule is COC(=O)C=C[C@@H](N)CCc1ccccc1. The number of esters is 1. The molecule has 0 aliphatic carbocycles. The molecule has 0 amide bonds. The van der Waals surface area contributed by atoms with Crippen LogP contribution in [0.3, 0.4) is 0 Å². The number of methoxy groups -OCH3 is 1. The third-order valence-electron chi connectivity index (χ3n) is 2.29. The van der Waals surface area contributed by atoms with Crippen molar-refractivity contribution in [3.8, 4) is 0 Å². The van der Waals surface area contributed by atoms with Gasteiger partial charge in [0.25, 0.3) is 0 Å². The zero-order chi connectivity index (χ0) is 11.8. The van der Waals surface area contributed by atoms with Crippen molar-refractivity contribution in [3.63, 3.8) is 0 Å². The van der Waals surface area contributed by atoms with Crippen LogP contribution in [0.15, 0.2) is 42.5 Å². The molecule has 0 aliphatic rings. The lowest BCUT2D eigenvalue weighted by molar-refractivity contribution is -0.134. The summed E-state index contributed by atoms with van der Waals surface area (Å²) >= 11 is 0. The Kier molecular flexibility index (Phi) is 5.29. The van der Waals surface area contributed by atoms with Crippen LogP contribution >= 0.6 is 0 Å². The van der Waals surface area contributed by atoms with E-state index in [9.17, 15) is 4.79 Å². The second kappa shape index (κ2) is 6.80. The molecule has 86 valence electrons. The van der Waals surface area contributed by atoms with Crippen LogP contribution in [0.5, 0.6) is 0 Å². The third-order valence-corrected chi connectivity index (χ3v) is 2.29. The fraction of sp³-hybridized carbons (Fsp3) is 0.308. The van der Waals surface area contributed by atoms with E-state index < -0.39 is 0 Å². The highest BCUT2D eigenvalue weighted by molar-refractivity contribution is 5.81. The number of hydrogen-bond donors (Lipinski definition) is 1. The van der Waals surface area contributed by atoms with Gasteiger partial charge in [-0.15, -0.1) is 0 Å². The van der Waals surface area contributed by atoms with Crippen molar-refractivity contribution in [1.29, 1.82) is 0 Å². The number of carbonyl (C=O) groups excluding carboxylic acids is 1. The van der Waals surface area contributed by atoms with E-state index in [-0.39, 0.29) is 12.0 Å². The Hall–Kier alpha value is -1.61. The summed E-state index contributed by atoms with van der Waals surface area (Å²) in [5.74, 6) is -0.366. The minimum absolute atomic E-state index is 0.112. The molecule has 0 bridgehead atoms. The lowest BCUT2D eigenvalue weighted by atomic mass is 10.1. The minimum atomic E-state index is -0.366. The molecule has 2 N–H and O–H groups in total. The highest BCUT2D eigenvalue weighted by atomic mass is 16.5. The summed E-state index contributed by atoms with van der Waals surface area (Å²) in [5, 5.41) is 0. The van der Waals surface area contributed by atoms with Crippen molar-refractivity contribution in [2.75, 3.05) is 7.11 Å². The Bertz CT molecular complexity index is 346. The largest absolute Gasteiger partial charge is 0.466 e. The predicted molar refractivity (Wildman–Crippen MR) is 63.9 cm³/mol. The highest BCUT2D eigenvalue weighted by Crippen LogP contribution is 2.04. The number of aryl methyl sites for hydroxylation is 1. The molecule has 0 spiro atoms. The fourth-order valence-electron chi connectivity index (χ4n) is 1.34. The molecule has 0 saturated heterocycles. The first-order valence-electron chi connectivity index (χ1n) is 5.28. The number of rotatable bonds is 5. The van der Waals surface area contributed by atoms with Gasteiger partial charge in [-0.2, -0.15) is 0 Å². The van der Waals surface area contributed by atoms with E-state index >= 15 is 0 Å². The van der Waals surface area contributed by atoms with Gasteiger partial charge in [0.1, 0.15) is 0 Å². The van der Waals surface area contributed by atoms with Gasteiger partial charge < -0.3 is 10.5 Å². The number of benzene rings is 1. The number of ether oxygens (including phenoxy) is 1. The van der Waals surface area contributed by atoms with Crippen LogP contribution in [-0.4, -0.2) is 19.1 Å².